The van der Waals surface area contributed by atoms with E-state index in [2.05, 4.69) is 10.2 Å². The average molecular weight is 204 g/mol. The molecule has 1 aromatic heterocycles. The number of hydrogen-bond donors (Lipinski definition) is 1. The Bertz CT molecular complexity index is 345. The van der Waals surface area contributed by atoms with Crippen LogP contribution in [0.3, 0.4) is 0 Å². The smallest absolute Gasteiger partial charge is 0.168 e. The second-order valence-electron chi connectivity index (χ2n) is 2.51. The van der Waals surface area contributed by atoms with Gasteiger partial charge >= 0.3 is 0 Å². The molecule has 1 atom stereocenters. The minimum absolute atomic E-state index is 0.00463. The summed E-state index contributed by atoms with van der Waals surface area (Å²) in [6, 6.07) is -0.861. The van der Waals surface area contributed by atoms with Crippen LogP contribution in [0.15, 0.2) is 11.4 Å². The maximum Gasteiger partial charge on any atom is 0.168 e. The van der Waals surface area contributed by atoms with E-state index in [0.29, 0.717) is 0 Å². The van der Waals surface area contributed by atoms with Crippen molar-refractivity contribution in [3.63, 3.8) is 0 Å². The van der Waals surface area contributed by atoms with Crippen LogP contribution < -0.4 is 5.73 Å². The molecule has 1 unspecified atom stereocenters. The highest BCUT2D eigenvalue weighted by Gasteiger charge is 2.18. The molecule has 0 radical (unpaired) electrons. The number of nitroso groups, excluding NO2 is 1. The van der Waals surface area contributed by atoms with Crippen molar-refractivity contribution in [2.45, 2.75) is 13.0 Å². The lowest BCUT2D eigenvalue weighted by Crippen LogP contribution is -2.02. The Balaban J connectivity index is 3.32. The lowest BCUT2D eigenvalue weighted by molar-refractivity contribution is 0.589. The molecule has 4 nitrogen and oxygen atoms in total. The summed E-state index contributed by atoms with van der Waals surface area (Å²) in [6.07, 6.45) is 1.20. The van der Waals surface area contributed by atoms with Crippen molar-refractivity contribution in [1.82, 2.24) is 4.98 Å². The highest BCUT2D eigenvalue weighted by molar-refractivity contribution is 6.29. The van der Waals surface area contributed by atoms with Gasteiger partial charge in [0, 0.05) is 5.56 Å². The molecule has 1 rings (SSSR count). The number of hydrogen-bond acceptors (Lipinski definition) is 4. The quantitative estimate of drug-likeness (QED) is 0.592. The molecule has 0 saturated carbocycles. The van der Waals surface area contributed by atoms with Crippen LogP contribution in [0.4, 0.5) is 10.1 Å². The summed E-state index contributed by atoms with van der Waals surface area (Å²) in [5, 5.41) is 2.36. The number of pyridine rings is 1. The van der Waals surface area contributed by atoms with Crippen LogP contribution in [0.5, 0.6) is 0 Å². The van der Waals surface area contributed by atoms with Gasteiger partial charge in [0.15, 0.2) is 11.0 Å². The largest absolute Gasteiger partial charge is 0.397 e. The zero-order chi connectivity index (χ0) is 10.0. The number of rotatable bonds is 2. The van der Waals surface area contributed by atoms with Crippen LogP contribution in [0, 0.1) is 10.7 Å². The normalized spacial score (nSPS) is 12.5. The van der Waals surface area contributed by atoms with Gasteiger partial charge in [0.1, 0.15) is 6.04 Å². The van der Waals surface area contributed by atoms with E-state index < -0.39 is 11.9 Å². The lowest BCUT2D eigenvalue weighted by Gasteiger charge is -2.08. The minimum Gasteiger partial charge on any atom is -0.397 e. The maximum absolute atomic E-state index is 13.2. The Morgan fingerprint density at radius 3 is 2.92 bits per heavy atom. The van der Waals surface area contributed by atoms with E-state index in [-0.39, 0.29) is 16.4 Å². The van der Waals surface area contributed by atoms with Crippen LogP contribution >= 0.6 is 11.6 Å². The Hall–Kier alpha value is -1.23. The number of nitrogens with zero attached hydrogens (tertiary/aromatic N) is 2. The molecule has 0 amide bonds. The van der Waals surface area contributed by atoms with Gasteiger partial charge in [0.05, 0.1) is 11.9 Å². The van der Waals surface area contributed by atoms with Crippen molar-refractivity contribution in [2.24, 2.45) is 5.18 Å². The van der Waals surface area contributed by atoms with Gasteiger partial charge in [-0.3, -0.25) is 0 Å². The fraction of sp³-hybridized carbons (Fsp3) is 0.286. The lowest BCUT2D eigenvalue weighted by atomic mass is 10.1. The molecule has 0 aliphatic heterocycles. The molecular formula is C7H7ClFN3O. The molecule has 0 aromatic carbocycles. The first-order valence-electron chi connectivity index (χ1n) is 3.49. The number of nitrogen functional groups attached to an aromatic ring is 1. The first-order valence-corrected chi connectivity index (χ1v) is 3.87. The molecule has 70 valence electrons. The molecule has 0 fully saturated rings. The maximum atomic E-state index is 13.2. The van der Waals surface area contributed by atoms with Crippen molar-refractivity contribution < 1.29 is 4.39 Å². The molecule has 2 N–H and O–H groups in total. The van der Waals surface area contributed by atoms with Gasteiger partial charge in [0.25, 0.3) is 0 Å². The monoisotopic (exact) mass is 203 g/mol. The van der Waals surface area contributed by atoms with Crippen molar-refractivity contribution in [3.8, 4) is 0 Å². The fourth-order valence-corrected chi connectivity index (χ4v) is 1.12. The number of nitrogens with two attached hydrogens (primary N) is 1. The van der Waals surface area contributed by atoms with E-state index in [0.717, 1.165) is 0 Å². The Labute approximate surface area is 78.9 Å². The fourth-order valence-electron chi connectivity index (χ4n) is 0.968. The average Bonchev–Trinajstić information content (AvgIpc) is 2.12. The third-order valence-electron chi connectivity index (χ3n) is 1.62. The summed E-state index contributed by atoms with van der Waals surface area (Å²) in [5.74, 6) is -0.784. The molecule has 0 bridgehead atoms. The van der Waals surface area contributed by atoms with E-state index in [9.17, 15) is 9.30 Å². The standard InChI is InChI=1S/C7H7ClFN3O/c1-3(12-13)5-4(10)2-11-7(8)6(5)9/h2-3H,10H2,1H3. The van der Waals surface area contributed by atoms with Crippen LogP contribution in [-0.4, -0.2) is 4.98 Å². The van der Waals surface area contributed by atoms with Crippen LogP contribution in [-0.2, 0) is 0 Å². The highest BCUT2D eigenvalue weighted by atomic mass is 35.5. The Morgan fingerprint density at radius 2 is 2.38 bits per heavy atom. The SMILES string of the molecule is CC(N=O)c1c(N)cnc(Cl)c1F. The van der Waals surface area contributed by atoms with Crippen molar-refractivity contribution in [2.75, 3.05) is 5.73 Å². The summed E-state index contributed by atoms with van der Waals surface area (Å²) in [7, 11) is 0. The van der Waals surface area contributed by atoms with Gasteiger partial charge in [-0.2, -0.15) is 4.91 Å². The molecule has 1 aromatic rings. The van der Waals surface area contributed by atoms with Gasteiger partial charge < -0.3 is 5.73 Å². The summed E-state index contributed by atoms with van der Waals surface area (Å²) in [5.41, 5.74) is 5.48. The second kappa shape index (κ2) is 3.66. The van der Waals surface area contributed by atoms with Crippen molar-refractivity contribution in [3.05, 3.63) is 27.6 Å². The zero-order valence-corrected chi connectivity index (χ0v) is 7.55. The first kappa shape index (κ1) is 9.85. The highest BCUT2D eigenvalue weighted by Crippen LogP contribution is 2.28. The topological polar surface area (TPSA) is 68.3 Å². The van der Waals surface area contributed by atoms with Gasteiger partial charge in [-0.25, -0.2) is 9.37 Å². The Kier molecular flexibility index (Phi) is 2.77. The van der Waals surface area contributed by atoms with Gasteiger partial charge in [0.2, 0.25) is 0 Å². The van der Waals surface area contributed by atoms with Crippen molar-refractivity contribution in [1.29, 1.82) is 0 Å². The number of anilines is 1. The molecule has 0 spiro atoms. The third-order valence-corrected chi connectivity index (χ3v) is 1.88. The minimum atomic E-state index is -0.861. The van der Waals surface area contributed by atoms with Crippen LogP contribution in [0.25, 0.3) is 0 Å². The molecule has 0 aliphatic rings. The van der Waals surface area contributed by atoms with Crippen LogP contribution in [0.1, 0.15) is 18.5 Å². The second-order valence-corrected chi connectivity index (χ2v) is 2.87. The third kappa shape index (κ3) is 1.75. The van der Waals surface area contributed by atoms with Crippen molar-refractivity contribution >= 4 is 17.3 Å². The van der Waals surface area contributed by atoms with E-state index in [1.165, 1.54) is 13.1 Å². The van der Waals surface area contributed by atoms with E-state index in [1.807, 2.05) is 0 Å². The molecule has 0 saturated heterocycles. The molecule has 1 heterocycles. The van der Waals surface area contributed by atoms with E-state index in [4.69, 9.17) is 17.3 Å². The summed E-state index contributed by atoms with van der Waals surface area (Å²) >= 11 is 5.40. The summed E-state index contributed by atoms with van der Waals surface area (Å²) < 4.78 is 13.2. The Morgan fingerprint density at radius 1 is 1.77 bits per heavy atom. The first-order chi connectivity index (χ1) is 6.07. The van der Waals surface area contributed by atoms with Gasteiger partial charge in [-0.1, -0.05) is 16.8 Å². The summed E-state index contributed by atoms with van der Waals surface area (Å²) in [6.45, 7) is 1.43. The molecule has 13 heavy (non-hydrogen) atoms. The molecular weight excluding hydrogens is 197 g/mol. The summed E-state index contributed by atoms with van der Waals surface area (Å²) in [4.78, 5) is 13.7. The van der Waals surface area contributed by atoms with Crippen LogP contribution in [0.2, 0.25) is 5.15 Å². The zero-order valence-electron chi connectivity index (χ0n) is 6.79. The predicted octanol–water partition coefficient (Wildman–Crippen LogP) is 2.28. The predicted molar refractivity (Wildman–Crippen MR) is 47.8 cm³/mol. The number of aromatic nitrogens is 1. The van der Waals surface area contributed by atoms with Gasteiger partial charge in [-0.05, 0) is 6.92 Å². The van der Waals surface area contributed by atoms with E-state index in [1.54, 1.807) is 0 Å². The molecule has 6 heteroatoms. The molecule has 0 aliphatic carbocycles. The van der Waals surface area contributed by atoms with Gasteiger partial charge in [-0.15, -0.1) is 0 Å². The van der Waals surface area contributed by atoms with E-state index >= 15 is 0 Å². The number of halogens is 2.